The Morgan fingerprint density at radius 2 is 1.75 bits per heavy atom. The minimum absolute atomic E-state index is 0.0598. The predicted molar refractivity (Wildman–Crippen MR) is 106 cm³/mol. The van der Waals surface area contributed by atoms with E-state index in [1.165, 1.54) is 11.0 Å². The van der Waals surface area contributed by atoms with Gasteiger partial charge in [0.2, 0.25) is 0 Å². The van der Waals surface area contributed by atoms with Crippen molar-refractivity contribution in [3.05, 3.63) is 76.6 Å². The van der Waals surface area contributed by atoms with Crippen LogP contribution in [0.5, 0.6) is 0 Å². The molecule has 0 bridgehead atoms. The molecule has 1 fully saturated rings. The summed E-state index contributed by atoms with van der Waals surface area (Å²) in [6.45, 7) is 4.32. The standard InChI is InChI=1S/C23H24FNO3/c1-3-5-14-25-20(17-8-6-7-9-18(17)24)19(22(27)23(25)28)21(26)16-12-10-15(4-2)11-13-16/h6-13,20,26H,3-5,14H2,1-2H3/b21-19-. The first-order valence-electron chi connectivity index (χ1n) is 9.61. The van der Waals surface area contributed by atoms with Crippen LogP contribution >= 0.6 is 0 Å². The van der Waals surface area contributed by atoms with Gasteiger partial charge in [-0.3, -0.25) is 9.59 Å². The Labute approximate surface area is 164 Å². The van der Waals surface area contributed by atoms with E-state index in [4.69, 9.17) is 0 Å². The molecule has 1 N–H and O–H groups in total. The molecule has 0 aliphatic carbocycles. The molecule has 28 heavy (non-hydrogen) atoms. The third-order valence-electron chi connectivity index (χ3n) is 5.13. The monoisotopic (exact) mass is 381 g/mol. The normalized spacial score (nSPS) is 18.7. The molecule has 0 aromatic heterocycles. The van der Waals surface area contributed by atoms with Crippen LogP contribution in [0.15, 0.2) is 54.1 Å². The Balaban J connectivity index is 2.16. The Bertz CT molecular complexity index is 918. The largest absolute Gasteiger partial charge is 0.507 e. The average Bonchev–Trinajstić information content (AvgIpc) is 2.96. The number of Topliss-reactive ketones (excluding diaryl/α,β-unsaturated/α-hetero) is 1. The van der Waals surface area contributed by atoms with E-state index < -0.39 is 23.5 Å². The number of rotatable bonds is 6. The van der Waals surface area contributed by atoms with Crippen LogP contribution in [0, 0.1) is 5.82 Å². The number of halogens is 1. The molecular weight excluding hydrogens is 357 g/mol. The second kappa shape index (κ2) is 8.38. The van der Waals surface area contributed by atoms with Gasteiger partial charge in [0.1, 0.15) is 11.6 Å². The lowest BCUT2D eigenvalue weighted by atomic mass is 9.94. The smallest absolute Gasteiger partial charge is 0.295 e. The molecule has 1 saturated heterocycles. The van der Waals surface area contributed by atoms with Crippen LogP contribution in [0.3, 0.4) is 0 Å². The van der Waals surface area contributed by atoms with Crippen molar-refractivity contribution in [1.29, 1.82) is 0 Å². The van der Waals surface area contributed by atoms with E-state index in [1.807, 2.05) is 26.0 Å². The molecule has 4 nitrogen and oxygen atoms in total. The number of carbonyl (C=O) groups excluding carboxylic acids is 2. The Hall–Kier alpha value is -2.95. The number of unbranched alkanes of at least 4 members (excludes halogenated alkanes) is 1. The van der Waals surface area contributed by atoms with Crippen LogP contribution in [-0.4, -0.2) is 28.2 Å². The van der Waals surface area contributed by atoms with Gasteiger partial charge >= 0.3 is 0 Å². The highest BCUT2D eigenvalue weighted by molar-refractivity contribution is 6.46. The summed E-state index contributed by atoms with van der Waals surface area (Å²) in [5.74, 6) is -2.26. The third-order valence-corrected chi connectivity index (χ3v) is 5.13. The molecule has 0 spiro atoms. The molecule has 3 rings (SSSR count). The van der Waals surface area contributed by atoms with Gasteiger partial charge in [-0.05, 0) is 24.5 Å². The highest BCUT2D eigenvalue weighted by Gasteiger charge is 2.46. The van der Waals surface area contributed by atoms with E-state index in [9.17, 15) is 19.1 Å². The lowest BCUT2D eigenvalue weighted by Crippen LogP contribution is -2.31. The zero-order valence-corrected chi connectivity index (χ0v) is 16.1. The maximum Gasteiger partial charge on any atom is 0.295 e. The van der Waals surface area contributed by atoms with Gasteiger partial charge in [0.05, 0.1) is 11.6 Å². The van der Waals surface area contributed by atoms with Gasteiger partial charge in [-0.2, -0.15) is 0 Å². The van der Waals surface area contributed by atoms with E-state index in [2.05, 4.69) is 0 Å². The Kier molecular flexibility index (Phi) is 5.93. The maximum atomic E-state index is 14.6. The third kappa shape index (κ3) is 3.57. The number of nitrogens with zero attached hydrogens (tertiary/aromatic N) is 1. The second-order valence-electron chi connectivity index (χ2n) is 6.92. The predicted octanol–water partition coefficient (Wildman–Crippen LogP) is 4.61. The SMILES string of the molecule is CCCCN1C(=O)C(=O)/C(=C(\O)c2ccc(CC)cc2)C1c1ccccc1F. The Morgan fingerprint density at radius 3 is 2.36 bits per heavy atom. The molecule has 1 heterocycles. The molecule has 1 aliphatic rings. The van der Waals surface area contributed by atoms with Crippen molar-refractivity contribution in [2.45, 2.75) is 39.2 Å². The quantitative estimate of drug-likeness (QED) is 0.452. The Morgan fingerprint density at radius 1 is 1.07 bits per heavy atom. The van der Waals surface area contributed by atoms with Crippen LogP contribution in [0.25, 0.3) is 5.76 Å². The molecule has 2 aromatic carbocycles. The number of aliphatic hydroxyl groups excluding tert-OH is 1. The molecule has 1 amide bonds. The highest BCUT2D eigenvalue weighted by Crippen LogP contribution is 2.40. The summed E-state index contributed by atoms with van der Waals surface area (Å²) in [6, 6.07) is 12.3. The van der Waals surface area contributed by atoms with Crippen LogP contribution in [-0.2, 0) is 16.0 Å². The number of amides is 1. The zero-order valence-electron chi connectivity index (χ0n) is 16.1. The number of aryl methyl sites for hydroxylation is 1. The highest BCUT2D eigenvalue weighted by atomic mass is 19.1. The van der Waals surface area contributed by atoms with Crippen molar-refractivity contribution in [3.8, 4) is 0 Å². The van der Waals surface area contributed by atoms with E-state index in [-0.39, 0.29) is 16.9 Å². The van der Waals surface area contributed by atoms with Crippen LogP contribution in [0.2, 0.25) is 0 Å². The van der Waals surface area contributed by atoms with Crippen LogP contribution in [0.1, 0.15) is 49.4 Å². The minimum Gasteiger partial charge on any atom is -0.507 e. The average molecular weight is 381 g/mol. The summed E-state index contributed by atoms with van der Waals surface area (Å²) in [7, 11) is 0. The van der Waals surface area contributed by atoms with Crippen molar-refractivity contribution < 1.29 is 19.1 Å². The van der Waals surface area contributed by atoms with Crippen molar-refractivity contribution in [3.63, 3.8) is 0 Å². The zero-order chi connectivity index (χ0) is 20.3. The lowest BCUT2D eigenvalue weighted by molar-refractivity contribution is -0.139. The number of benzene rings is 2. The first-order valence-corrected chi connectivity index (χ1v) is 9.61. The number of aliphatic hydroxyl groups is 1. The lowest BCUT2D eigenvalue weighted by Gasteiger charge is -2.25. The van der Waals surface area contributed by atoms with Gasteiger partial charge in [0, 0.05) is 17.7 Å². The van der Waals surface area contributed by atoms with E-state index >= 15 is 0 Å². The van der Waals surface area contributed by atoms with Crippen LogP contribution in [0.4, 0.5) is 4.39 Å². The van der Waals surface area contributed by atoms with Gasteiger partial charge in [-0.1, -0.05) is 62.7 Å². The molecule has 2 aromatic rings. The van der Waals surface area contributed by atoms with Crippen molar-refractivity contribution in [1.82, 2.24) is 4.90 Å². The topological polar surface area (TPSA) is 57.6 Å². The first kappa shape index (κ1) is 19.8. The molecule has 1 unspecified atom stereocenters. The van der Waals surface area contributed by atoms with Crippen molar-refractivity contribution in [2.24, 2.45) is 0 Å². The second-order valence-corrected chi connectivity index (χ2v) is 6.92. The molecule has 0 radical (unpaired) electrons. The summed E-state index contributed by atoms with van der Waals surface area (Å²) in [5, 5.41) is 10.9. The number of hydrogen-bond acceptors (Lipinski definition) is 3. The molecule has 0 saturated carbocycles. The number of carbonyl (C=O) groups is 2. The summed E-state index contributed by atoms with van der Waals surface area (Å²) in [4.78, 5) is 26.8. The molecule has 1 aliphatic heterocycles. The minimum atomic E-state index is -0.932. The summed E-state index contributed by atoms with van der Waals surface area (Å²) < 4.78 is 14.6. The van der Waals surface area contributed by atoms with E-state index in [0.29, 0.717) is 18.5 Å². The fourth-order valence-electron chi connectivity index (χ4n) is 3.51. The first-order chi connectivity index (χ1) is 13.5. The van der Waals surface area contributed by atoms with Gasteiger partial charge < -0.3 is 10.0 Å². The number of hydrogen-bond donors (Lipinski definition) is 1. The van der Waals surface area contributed by atoms with Crippen molar-refractivity contribution >= 4 is 17.4 Å². The fourth-order valence-corrected chi connectivity index (χ4v) is 3.51. The number of likely N-dealkylation sites (tertiary alicyclic amines) is 1. The summed E-state index contributed by atoms with van der Waals surface area (Å²) in [6.07, 6.45) is 2.35. The van der Waals surface area contributed by atoms with Gasteiger partial charge in [0.15, 0.2) is 0 Å². The molecule has 146 valence electrons. The maximum absolute atomic E-state index is 14.6. The number of ketones is 1. The molecular formula is C23H24FNO3. The molecule has 5 heteroatoms. The van der Waals surface area contributed by atoms with Gasteiger partial charge in [-0.25, -0.2) is 4.39 Å². The van der Waals surface area contributed by atoms with Gasteiger partial charge in [0.25, 0.3) is 11.7 Å². The van der Waals surface area contributed by atoms with Gasteiger partial charge in [-0.15, -0.1) is 0 Å². The summed E-state index contributed by atoms with van der Waals surface area (Å²) in [5.41, 5.74) is 1.68. The fraction of sp³-hybridized carbons (Fsp3) is 0.304. The van der Waals surface area contributed by atoms with E-state index in [1.54, 1.807) is 30.3 Å². The van der Waals surface area contributed by atoms with Crippen molar-refractivity contribution in [2.75, 3.05) is 6.54 Å². The molecule has 1 atom stereocenters. The van der Waals surface area contributed by atoms with E-state index in [0.717, 1.165) is 18.4 Å². The summed E-state index contributed by atoms with van der Waals surface area (Å²) >= 11 is 0. The van der Waals surface area contributed by atoms with Crippen LogP contribution < -0.4 is 0 Å².